The van der Waals surface area contributed by atoms with Crippen molar-refractivity contribution in [2.24, 2.45) is 0 Å². The first-order chi connectivity index (χ1) is 18.8. The van der Waals surface area contributed by atoms with Crippen molar-refractivity contribution in [2.75, 3.05) is 53.6 Å². The van der Waals surface area contributed by atoms with Crippen LogP contribution in [-0.4, -0.2) is 58.5 Å². The van der Waals surface area contributed by atoms with E-state index < -0.39 is 6.04 Å². The lowest BCUT2D eigenvalue weighted by Gasteiger charge is -2.35. The number of rotatable bonds is 16. The first-order valence-corrected chi connectivity index (χ1v) is 14.0. The number of hydrogen-bond acceptors (Lipinski definition) is 6. The van der Waals surface area contributed by atoms with Gasteiger partial charge in [0.1, 0.15) is 30.4 Å². The number of hydroxylamine groups is 3. The summed E-state index contributed by atoms with van der Waals surface area (Å²) in [6.45, 7) is 10.1. The summed E-state index contributed by atoms with van der Waals surface area (Å²) in [7, 11) is 3.11. The standard InChI is InChI=1S/C31H46N4O4/c1-6-15-33(21-26-10-8-7-9-11-26)16-14-32-23-35(37)31(27-13-12-24(2)25(3)17-27)22-34(36)28-18-29(38-4)20-30(19-28)39-5/h8,10-13,17-20,31-32,34-35H,6-7,9,14-16,21-23H2,1-5H3. The molecule has 8 nitrogen and oxygen atoms in total. The van der Waals surface area contributed by atoms with Gasteiger partial charge in [-0.15, -0.1) is 0 Å². The fraction of sp³-hybridized carbons (Fsp3) is 0.484. The van der Waals surface area contributed by atoms with E-state index in [4.69, 9.17) is 9.47 Å². The lowest BCUT2D eigenvalue weighted by Crippen LogP contribution is -3.15. The van der Waals surface area contributed by atoms with Gasteiger partial charge in [0.15, 0.2) is 6.04 Å². The molecule has 2 aromatic carbocycles. The molecule has 3 atom stereocenters. The molecule has 0 fully saturated rings. The Bertz CT molecular complexity index is 1080. The van der Waals surface area contributed by atoms with Gasteiger partial charge in [-0.05, 0) is 62.4 Å². The van der Waals surface area contributed by atoms with Crippen molar-refractivity contribution in [1.29, 1.82) is 0 Å². The molecule has 0 saturated carbocycles. The number of ether oxygens (including phenoxy) is 2. The maximum Gasteiger partial charge on any atom is 0.164 e. The number of aryl methyl sites for hydroxylation is 2. The monoisotopic (exact) mass is 538 g/mol. The average molecular weight is 539 g/mol. The minimum atomic E-state index is -0.536. The van der Waals surface area contributed by atoms with Crippen LogP contribution in [0.2, 0.25) is 0 Å². The number of methoxy groups -OCH3 is 2. The van der Waals surface area contributed by atoms with Crippen LogP contribution < -0.4 is 24.9 Å². The summed E-state index contributed by atoms with van der Waals surface area (Å²) in [5.41, 5.74) is 4.98. The molecule has 0 spiro atoms. The van der Waals surface area contributed by atoms with E-state index in [0.717, 1.165) is 55.6 Å². The van der Waals surface area contributed by atoms with Crippen LogP contribution in [0.25, 0.3) is 0 Å². The minimum absolute atomic E-state index is 0.0152. The average Bonchev–Trinajstić information content (AvgIpc) is 2.95. The normalized spacial score (nSPS) is 15.6. The third kappa shape index (κ3) is 9.46. The minimum Gasteiger partial charge on any atom is -0.633 e. The van der Waals surface area contributed by atoms with Crippen LogP contribution in [-0.2, 0) is 0 Å². The van der Waals surface area contributed by atoms with Crippen LogP contribution in [0.4, 0.5) is 5.69 Å². The molecule has 3 rings (SSSR count). The highest BCUT2D eigenvalue weighted by Gasteiger charge is 2.24. The third-order valence-corrected chi connectivity index (χ3v) is 7.31. The van der Waals surface area contributed by atoms with Gasteiger partial charge in [0.2, 0.25) is 0 Å². The van der Waals surface area contributed by atoms with Crippen LogP contribution in [0.1, 0.15) is 48.9 Å². The molecule has 1 aliphatic carbocycles. The summed E-state index contributed by atoms with van der Waals surface area (Å²) in [5.74, 6) is 1.09. The van der Waals surface area contributed by atoms with Crippen molar-refractivity contribution in [1.82, 2.24) is 10.2 Å². The Morgan fingerprint density at radius 2 is 1.72 bits per heavy atom. The van der Waals surface area contributed by atoms with Crippen molar-refractivity contribution in [3.8, 4) is 11.5 Å². The van der Waals surface area contributed by atoms with E-state index in [0.29, 0.717) is 23.7 Å². The maximum absolute atomic E-state index is 13.5. The molecule has 0 radical (unpaired) electrons. The molecule has 3 unspecified atom stereocenters. The number of nitrogens with one attached hydrogen (secondary N) is 3. The zero-order valence-electron chi connectivity index (χ0n) is 24.2. The Balaban J connectivity index is 1.67. The molecule has 214 valence electrons. The van der Waals surface area contributed by atoms with E-state index in [1.165, 1.54) is 5.57 Å². The van der Waals surface area contributed by atoms with Gasteiger partial charge >= 0.3 is 0 Å². The summed E-state index contributed by atoms with van der Waals surface area (Å²) < 4.78 is 10.7. The lowest BCUT2D eigenvalue weighted by atomic mass is 10.0. The second-order valence-corrected chi connectivity index (χ2v) is 10.3. The predicted molar refractivity (Wildman–Crippen MR) is 157 cm³/mol. The highest BCUT2D eigenvalue weighted by atomic mass is 16.5. The van der Waals surface area contributed by atoms with Gasteiger partial charge in [-0.1, -0.05) is 37.3 Å². The summed E-state index contributed by atoms with van der Waals surface area (Å²) >= 11 is 0. The van der Waals surface area contributed by atoms with Gasteiger partial charge < -0.3 is 30.0 Å². The smallest absolute Gasteiger partial charge is 0.164 e. The van der Waals surface area contributed by atoms with E-state index in [9.17, 15) is 10.4 Å². The van der Waals surface area contributed by atoms with E-state index in [-0.39, 0.29) is 23.3 Å². The first kappa shape index (κ1) is 30.8. The van der Waals surface area contributed by atoms with Gasteiger partial charge in [-0.3, -0.25) is 10.2 Å². The molecule has 39 heavy (non-hydrogen) atoms. The van der Waals surface area contributed by atoms with Crippen LogP contribution >= 0.6 is 0 Å². The summed E-state index contributed by atoms with van der Waals surface area (Å²) in [6.07, 6.45) is 10.1. The van der Waals surface area contributed by atoms with Gasteiger partial charge in [0, 0.05) is 43.4 Å². The van der Waals surface area contributed by atoms with Crippen LogP contribution in [0, 0.1) is 24.3 Å². The van der Waals surface area contributed by atoms with Crippen LogP contribution in [0.3, 0.4) is 0 Å². The Labute approximate surface area is 234 Å². The fourth-order valence-corrected chi connectivity index (χ4v) is 4.87. The molecule has 8 heteroatoms. The Morgan fingerprint density at radius 3 is 2.33 bits per heavy atom. The maximum atomic E-state index is 13.5. The molecule has 2 aromatic rings. The molecular formula is C31H46N4O4. The summed E-state index contributed by atoms with van der Waals surface area (Å²) in [4.78, 5) is 2.43. The molecule has 0 amide bonds. The van der Waals surface area contributed by atoms with Crippen LogP contribution in [0.5, 0.6) is 11.5 Å². The van der Waals surface area contributed by atoms with E-state index in [1.807, 2.05) is 32.0 Å². The lowest BCUT2D eigenvalue weighted by molar-refractivity contribution is -0.918. The quantitative estimate of drug-likeness (QED) is 0.173. The highest BCUT2D eigenvalue weighted by molar-refractivity contribution is 5.46. The largest absolute Gasteiger partial charge is 0.633 e. The number of nitrogens with zero attached hydrogens (tertiary/aromatic N) is 1. The molecule has 0 bridgehead atoms. The van der Waals surface area contributed by atoms with Crippen molar-refractivity contribution < 1.29 is 19.6 Å². The number of hydrogen-bond donors (Lipinski definition) is 3. The zero-order chi connectivity index (χ0) is 28.2. The molecule has 0 aliphatic heterocycles. The Kier molecular flexibility index (Phi) is 12.5. The van der Waals surface area contributed by atoms with E-state index in [1.54, 1.807) is 32.4 Å². The van der Waals surface area contributed by atoms with Gasteiger partial charge in [0.05, 0.1) is 14.2 Å². The van der Waals surface area contributed by atoms with Crippen LogP contribution in [0.15, 0.2) is 60.2 Å². The van der Waals surface area contributed by atoms with E-state index >= 15 is 0 Å². The Morgan fingerprint density at radius 1 is 0.974 bits per heavy atom. The van der Waals surface area contributed by atoms with Gasteiger partial charge in [-0.2, -0.15) is 0 Å². The number of allylic oxidation sites excluding steroid dienone is 2. The third-order valence-electron chi connectivity index (χ3n) is 7.31. The predicted octanol–water partition coefficient (Wildman–Crippen LogP) is 2.99. The molecular weight excluding hydrogens is 492 g/mol. The van der Waals surface area contributed by atoms with Gasteiger partial charge in [-0.25, -0.2) is 0 Å². The summed E-state index contributed by atoms with van der Waals surface area (Å²) in [5, 5.41) is 30.2. The molecule has 0 aromatic heterocycles. The first-order valence-electron chi connectivity index (χ1n) is 14.0. The second kappa shape index (κ2) is 15.8. The summed E-state index contributed by atoms with van der Waals surface area (Å²) in [6, 6.07) is 10.6. The molecule has 3 N–H and O–H groups in total. The van der Waals surface area contributed by atoms with Crippen molar-refractivity contribution in [3.63, 3.8) is 0 Å². The van der Waals surface area contributed by atoms with Crippen molar-refractivity contribution >= 4 is 5.69 Å². The van der Waals surface area contributed by atoms with Crippen molar-refractivity contribution in [3.05, 3.63) is 87.3 Å². The fourth-order valence-electron chi connectivity index (χ4n) is 4.87. The second-order valence-electron chi connectivity index (χ2n) is 10.3. The number of quaternary nitrogens is 2. The SMILES string of the molecule is CCCN(CCNC[NH+]([O-])C(C[NH+]([O-])c1cc(OC)cc(OC)c1)c1ccc(C)c(C)c1)CC1=CCCC=C1. The zero-order valence-corrected chi connectivity index (χ0v) is 24.2. The number of benzene rings is 2. The topological polar surface area (TPSA) is 88.7 Å². The Hall–Kier alpha value is -2.72. The molecule has 0 heterocycles. The highest BCUT2D eigenvalue weighted by Crippen LogP contribution is 2.24. The molecule has 0 saturated heterocycles. The molecule has 1 aliphatic rings. The van der Waals surface area contributed by atoms with Crippen molar-refractivity contribution in [2.45, 2.75) is 46.1 Å². The van der Waals surface area contributed by atoms with E-state index in [2.05, 4.69) is 35.4 Å². The van der Waals surface area contributed by atoms with Gasteiger partial charge in [0.25, 0.3) is 0 Å².